The van der Waals surface area contributed by atoms with Gasteiger partial charge in [0, 0.05) is 25.7 Å². The molecule has 0 bridgehead atoms. The van der Waals surface area contributed by atoms with E-state index in [1.54, 1.807) is 25.1 Å². The quantitative estimate of drug-likeness (QED) is 0.811. The Morgan fingerprint density at radius 1 is 1.25 bits per heavy atom. The first-order valence-electron chi connectivity index (χ1n) is 7.44. The molecular formula is C16H23N3O. The first kappa shape index (κ1) is 13.3. The molecule has 3 rings (SSSR count). The summed E-state index contributed by atoms with van der Waals surface area (Å²) in [7, 11) is 3.50. The highest BCUT2D eigenvalue weighted by atomic mass is 16.2. The molecule has 0 radical (unpaired) electrons. The number of hydrogen-bond acceptors (Lipinski definition) is 3. The number of hydrogen-bond donors (Lipinski definition) is 2. The lowest BCUT2D eigenvalue weighted by Gasteiger charge is -2.21. The van der Waals surface area contributed by atoms with Gasteiger partial charge in [0.2, 0.25) is 0 Å². The average molecular weight is 273 g/mol. The standard InChI is InChI=1S/C16H23N3O/c1-19(2)16(20)12-7-8-14(13(17)9-12)18-15(10-3-4-10)11-5-6-11/h7-11,15,18H,3-6,17H2,1-2H3. The van der Waals surface area contributed by atoms with E-state index in [0.717, 1.165) is 17.5 Å². The molecule has 20 heavy (non-hydrogen) atoms. The van der Waals surface area contributed by atoms with Crippen LogP contribution in [0.2, 0.25) is 0 Å². The Kier molecular flexibility index (Phi) is 3.32. The van der Waals surface area contributed by atoms with Gasteiger partial charge in [-0.25, -0.2) is 0 Å². The molecule has 0 aliphatic heterocycles. The summed E-state index contributed by atoms with van der Waals surface area (Å²) in [5.41, 5.74) is 8.41. The summed E-state index contributed by atoms with van der Waals surface area (Å²) in [5.74, 6) is 1.64. The first-order valence-corrected chi connectivity index (χ1v) is 7.44. The van der Waals surface area contributed by atoms with Crippen molar-refractivity contribution in [2.75, 3.05) is 25.1 Å². The van der Waals surface area contributed by atoms with Crippen molar-refractivity contribution in [3.05, 3.63) is 23.8 Å². The molecule has 2 fully saturated rings. The minimum Gasteiger partial charge on any atom is -0.397 e. The first-order chi connectivity index (χ1) is 9.56. The highest BCUT2D eigenvalue weighted by Gasteiger charge is 2.41. The summed E-state index contributed by atoms with van der Waals surface area (Å²) in [6.07, 6.45) is 5.35. The Morgan fingerprint density at radius 3 is 2.30 bits per heavy atom. The second kappa shape index (κ2) is 5.00. The van der Waals surface area contributed by atoms with Crippen LogP contribution in [0.5, 0.6) is 0 Å². The predicted octanol–water partition coefficient (Wildman–Crippen LogP) is 2.57. The Labute approximate surface area is 120 Å². The molecule has 3 N–H and O–H groups in total. The molecule has 1 aromatic rings. The lowest BCUT2D eigenvalue weighted by molar-refractivity contribution is 0.0827. The fourth-order valence-electron chi connectivity index (χ4n) is 2.80. The number of nitrogens with zero attached hydrogens (tertiary/aromatic N) is 1. The molecule has 0 saturated heterocycles. The van der Waals surface area contributed by atoms with Crippen LogP contribution in [0.3, 0.4) is 0 Å². The number of anilines is 2. The van der Waals surface area contributed by atoms with E-state index in [9.17, 15) is 4.79 Å². The van der Waals surface area contributed by atoms with E-state index < -0.39 is 0 Å². The van der Waals surface area contributed by atoms with Crippen LogP contribution in [-0.2, 0) is 0 Å². The van der Waals surface area contributed by atoms with Crippen molar-refractivity contribution in [1.29, 1.82) is 0 Å². The molecule has 1 aromatic carbocycles. The average Bonchev–Trinajstić information content (AvgIpc) is 3.28. The fourth-order valence-corrected chi connectivity index (χ4v) is 2.80. The maximum atomic E-state index is 11.9. The van der Waals surface area contributed by atoms with Crippen molar-refractivity contribution in [1.82, 2.24) is 4.90 Å². The third-order valence-corrected chi connectivity index (χ3v) is 4.29. The highest BCUT2D eigenvalue weighted by molar-refractivity contribution is 5.95. The molecule has 0 unspecified atom stereocenters. The normalized spacial score (nSPS) is 18.1. The summed E-state index contributed by atoms with van der Waals surface area (Å²) in [6.45, 7) is 0. The van der Waals surface area contributed by atoms with E-state index in [1.165, 1.54) is 25.7 Å². The highest BCUT2D eigenvalue weighted by Crippen LogP contribution is 2.46. The van der Waals surface area contributed by atoms with E-state index in [1.807, 2.05) is 12.1 Å². The summed E-state index contributed by atoms with van der Waals surface area (Å²) >= 11 is 0. The van der Waals surface area contributed by atoms with Gasteiger partial charge in [0.1, 0.15) is 0 Å². The molecule has 4 heteroatoms. The molecule has 2 aliphatic carbocycles. The lowest BCUT2D eigenvalue weighted by atomic mass is 10.1. The van der Waals surface area contributed by atoms with Crippen molar-refractivity contribution in [3.8, 4) is 0 Å². The zero-order valence-corrected chi connectivity index (χ0v) is 12.2. The zero-order valence-electron chi connectivity index (χ0n) is 12.2. The maximum Gasteiger partial charge on any atom is 0.253 e. The van der Waals surface area contributed by atoms with E-state index in [0.29, 0.717) is 17.3 Å². The molecule has 0 aromatic heterocycles. The van der Waals surface area contributed by atoms with Crippen LogP contribution >= 0.6 is 0 Å². The predicted molar refractivity (Wildman–Crippen MR) is 81.7 cm³/mol. The topological polar surface area (TPSA) is 58.4 Å². The van der Waals surface area contributed by atoms with E-state index >= 15 is 0 Å². The van der Waals surface area contributed by atoms with Gasteiger partial charge in [-0.3, -0.25) is 4.79 Å². The van der Waals surface area contributed by atoms with Gasteiger partial charge in [0.25, 0.3) is 5.91 Å². The summed E-state index contributed by atoms with van der Waals surface area (Å²) in [4.78, 5) is 13.5. The van der Waals surface area contributed by atoms with Crippen molar-refractivity contribution in [2.24, 2.45) is 11.8 Å². The molecule has 4 nitrogen and oxygen atoms in total. The Morgan fingerprint density at radius 2 is 1.85 bits per heavy atom. The lowest BCUT2D eigenvalue weighted by Crippen LogP contribution is -2.25. The Balaban J connectivity index is 1.75. The molecular weight excluding hydrogens is 250 g/mol. The molecule has 108 valence electrons. The van der Waals surface area contributed by atoms with Gasteiger partial charge in [-0.2, -0.15) is 0 Å². The van der Waals surface area contributed by atoms with Crippen LogP contribution < -0.4 is 11.1 Å². The number of carbonyl (C=O) groups excluding carboxylic acids is 1. The number of nitrogen functional groups attached to an aromatic ring is 1. The molecule has 2 aliphatic rings. The monoisotopic (exact) mass is 273 g/mol. The minimum atomic E-state index is -0.0100. The molecule has 1 amide bonds. The molecule has 2 saturated carbocycles. The van der Waals surface area contributed by atoms with Gasteiger partial charge in [-0.1, -0.05) is 0 Å². The van der Waals surface area contributed by atoms with Gasteiger partial charge in [0.15, 0.2) is 0 Å². The van der Waals surface area contributed by atoms with Crippen LogP contribution in [0.15, 0.2) is 18.2 Å². The molecule has 0 atom stereocenters. The third-order valence-electron chi connectivity index (χ3n) is 4.29. The van der Waals surface area contributed by atoms with Gasteiger partial charge in [0.05, 0.1) is 11.4 Å². The third kappa shape index (κ3) is 2.74. The number of amides is 1. The molecule has 0 heterocycles. The van der Waals surface area contributed by atoms with E-state index in [-0.39, 0.29) is 5.91 Å². The number of benzene rings is 1. The maximum absolute atomic E-state index is 11.9. The molecule has 0 spiro atoms. The smallest absolute Gasteiger partial charge is 0.253 e. The zero-order chi connectivity index (χ0) is 14.3. The summed E-state index contributed by atoms with van der Waals surface area (Å²) in [6, 6.07) is 6.16. The Hall–Kier alpha value is -1.71. The second-order valence-corrected chi connectivity index (χ2v) is 6.35. The van der Waals surface area contributed by atoms with Crippen LogP contribution in [0, 0.1) is 11.8 Å². The summed E-state index contributed by atoms with van der Waals surface area (Å²) < 4.78 is 0. The van der Waals surface area contributed by atoms with Crippen LogP contribution in [0.25, 0.3) is 0 Å². The Bertz CT molecular complexity index is 506. The van der Waals surface area contributed by atoms with Crippen molar-refractivity contribution < 1.29 is 4.79 Å². The number of nitrogens with two attached hydrogens (primary N) is 1. The second-order valence-electron chi connectivity index (χ2n) is 6.35. The van der Waals surface area contributed by atoms with Gasteiger partial charge in [-0.05, 0) is 55.7 Å². The number of rotatable bonds is 5. The van der Waals surface area contributed by atoms with Crippen molar-refractivity contribution in [3.63, 3.8) is 0 Å². The van der Waals surface area contributed by atoms with Crippen molar-refractivity contribution in [2.45, 2.75) is 31.7 Å². The van der Waals surface area contributed by atoms with Gasteiger partial charge < -0.3 is 16.0 Å². The SMILES string of the molecule is CN(C)C(=O)c1ccc(NC(C2CC2)C2CC2)c(N)c1. The van der Waals surface area contributed by atoms with Gasteiger partial charge in [-0.15, -0.1) is 0 Å². The van der Waals surface area contributed by atoms with E-state index in [2.05, 4.69) is 5.32 Å². The van der Waals surface area contributed by atoms with Crippen LogP contribution in [-0.4, -0.2) is 30.9 Å². The fraction of sp³-hybridized carbons (Fsp3) is 0.562. The van der Waals surface area contributed by atoms with Crippen LogP contribution in [0.4, 0.5) is 11.4 Å². The largest absolute Gasteiger partial charge is 0.397 e. The van der Waals surface area contributed by atoms with E-state index in [4.69, 9.17) is 5.73 Å². The van der Waals surface area contributed by atoms with Crippen molar-refractivity contribution >= 4 is 17.3 Å². The summed E-state index contributed by atoms with van der Waals surface area (Å²) in [5, 5.41) is 3.62. The minimum absolute atomic E-state index is 0.0100. The number of carbonyl (C=O) groups is 1. The van der Waals surface area contributed by atoms with Gasteiger partial charge >= 0.3 is 0 Å². The number of nitrogens with one attached hydrogen (secondary N) is 1. The van der Waals surface area contributed by atoms with Crippen LogP contribution in [0.1, 0.15) is 36.0 Å².